The van der Waals surface area contributed by atoms with Gasteiger partial charge < -0.3 is 0 Å². The summed E-state index contributed by atoms with van der Waals surface area (Å²) in [5.41, 5.74) is 1.74. The third-order valence-electron chi connectivity index (χ3n) is 3.23. The number of hydrogen-bond acceptors (Lipinski definition) is 1. The Morgan fingerprint density at radius 3 is 2.64 bits per heavy atom. The van der Waals surface area contributed by atoms with Crippen LogP contribution in [0.1, 0.15) is 32.9 Å². The van der Waals surface area contributed by atoms with Crippen molar-refractivity contribution in [2.24, 2.45) is 17.3 Å². The van der Waals surface area contributed by atoms with Gasteiger partial charge in [0, 0.05) is 11.9 Å². The van der Waals surface area contributed by atoms with Crippen molar-refractivity contribution in [2.45, 2.75) is 33.6 Å². The molecule has 0 N–H and O–H groups in total. The fraction of sp³-hybridized carbons (Fsp3) is 0.615. The summed E-state index contributed by atoms with van der Waals surface area (Å²) in [6.07, 6.45) is 4.45. The van der Waals surface area contributed by atoms with Crippen molar-refractivity contribution in [1.82, 2.24) is 4.98 Å². The summed E-state index contributed by atoms with van der Waals surface area (Å²) >= 11 is 0. The lowest BCUT2D eigenvalue weighted by atomic mass is 9.88. The first-order chi connectivity index (χ1) is 6.57. The molecular weight excluding hydrogens is 170 g/mol. The average Bonchev–Trinajstić information content (AvgIpc) is 2.85. The molecule has 1 fully saturated rings. The topological polar surface area (TPSA) is 12.9 Å². The highest BCUT2D eigenvalue weighted by Crippen LogP contribution is 2.51. The van der Waals surface area contributed by atoms with Gasteiger partial charge in [0.05, 0.1) is 0 Å². The summed E-state index contributed by atoms with van der Waals surface area (Å²) < 4.78 is 0. The maximum absolute atomic E-state index is 4.38. The highest BCUT2D eigenvalue weighted by molar-refractivity contribution is 5.08. The van der Waals surface area contributed by atoms with Crippen LogP contribution in [0.5, 0.6) is 0 Å². The second kappa shape index (κ2) is 3.38. The van der Waals surface area contributed by atoms with E-state index < -0.39 is 0 Å². The van der Waals surface area contributed by atoms with Gasteiger partial charge in [0.15, 0.2) is 0 Å². The molecule has 2 rings (SSSR count). The Bertz CT molecular complexity index is 297. The molecule has 1 heteroatoms. The van der Waals surface area contributed by atoms with Crippen molar-refractivity contribution in [1.29, 1.82) is 0 Å². The fourth-order valence-corrected chi connectivity index (χ4v) is 2.32. The van der Waals surface area contributed by atoms with Crippen molar-refractivity contribution in [3.8, 4) is 0 Å². The summed E-state index contributed by atoms with van der Waals surface area (Å²) in [5.74, 6) is 1.79. The van der Waals surface area contributed by atoms with Crippen LogP contribution in [0, 0.1) is 17.3 Å². The Labute approximate surface area is 86.6 Å². The van der Waals surface area contributed by atoms with E-state index in [-0.39, 0.29) is 0 Å². The molecule has 1 heterocycles. The molecular formula is C13H19N. The number of rotatable bonds is 2. The molecule has 1 aliphatic carbocycles. The van der Waals surface area contributed by atoms with Crippen LogP contribution in [0.4, 0.5) is 0 Å². The molecule has 2 atom stereocenters. The Balaban J connectivity index is 1.91. The van der Waals surface area contributed by atoms with Gasteiger partial charge >= 0.3 is 0 Å². The van der Waals surface area contributed by atoms with Gasteiger partial charge in [-0.05, 0) is 42.2 Å². The summed E-state index contributed by atoms with van der Waals surface area (Å²) in [4.78, 5) is 4.38. The lowest BCUT2D eigenvalue weighted by Gasteiger charge is -2.17. The van der Waals surface area contributed by atoms with Gasteiger partial charge in [-0.15, -0.1) is 0 Å². The van der Waals surface area contributed by atoms with Crippen LogP contribution < -0.4 is 0 Å². The van der Waals surface area contributed by atoms with E-state index in [1.807, 2.05) is 12.3 Å². The van der Waals surface area contributed by atoms with Crippen molar-refractivity contribution in [3.05, 3.63) is 30.1 Å². The first-order valence-corrected chi connectivity index (χ1v) is 5.47. The van der Waals surface area contributed by atoms with Crippen LogP contribution in [-0.2, 0) is 6.42 Å². The summed E-state index contributed by atoms with van der Waals surface area (Å²) in [6, 6.07) is 6.20. The lowest BCUT2D eigenvalue weighted by Crippen LogP contribution is -2.10. The molecule has 14 heavy (non-hydrogen) atoms. The second-order valence-corrected chi connectivity index (χ2v) is 5.49. The monoisotopic (exact) mass is 189 g/mol. The van der Waals surface area contributed by atoms with Gasteiger partial charge in [-0.1, -0.05) is 26.8 Å². The van der Waals surface area contributed by atoms with Crippen molar-refractivity contribution < 1.29 is 0 Å². The number of pyridine rings is 1. The Kier molecular flexibility index (Phi) is 2.34. The van der Waals surface area contributed by atoms with Gasteiger partial charge in [-0.2, -0.15) is 0 Å². The number of aromatic nitrogens is 1. The minimum absolute atomic E-state index is 0.486. The molecule has 2 unspecified atom stereocenters. The minimum atomic E-state index is 0.486. The molecule has 1 nitrogen and oxygen atoms in total. The number of nitrogens with zero attached hydrogens (tertiary/aromatic N) is 1. The van der Waals surface area contributed by atoms with E-state index >= 15 is 0 Å². The van der Waals surface area contributed by atoms with Crippen molar-refractivity contribution in [2.75, 3.05) is 0 Å². The molecule has 0 aromatic carbocycles. The first-order valence-electron chi connectivity index (χ1n) is 5.47. The van der Waals surface area contributed by atoms with Gasteiger partial charge in [-0.3, -0.25) is 4.98 Å². The third kappa shape index (κ3) is 2.14. The maximum Gasteiger partial charge on any atom is 0.0406 e. The van der Waals surface area contributed by atoms with E-state index in [2.05, 4.69) is 37.9 Å². The molecule has 1 aromatic rings. The Morgan fingerprint density at radius 2 is 2.14 bits per heavy atom. The van der Waals surface area contributed by atoms with Crippen LogP contribution in [0.15, 0.2) is 24.4 Å². The molecule has 1 aliphatic rings. The third-order valence-corrected chi connectivity index (χ3v) is 3.23. The van der Waals surface area contributed by atoms with Gasteiger partial charge in [-0.25, -0.2) is 0 Å². The minimum Gasteiger partial charge on any atom is -0.261 e. The van der Waals surface area contributed by atoms with Gasteiger partial charge in [0.2, 0.25) is 0 Å². The maximum atomic E-state index is 4.38. The van der Waals surface area contributed by atoms with Crippen LogP contribution in [0.3, 0.4) is 0 Å². The molecule has 0 bridgehead atoms. The fourth-order valence-electron chi connectivity index (χ4n) is 2.32. The van der Waals surface area contributed by atoms with E-state index in [1.54, 1.807) is 0 Å². The largest absolute Gasteiger partial charge is 0.261 e. The SMILES string of the molecule is CC(C)(C)C1CC1Cc1ccccn1. The Morgan fingerprint density at radius 1 is 1.36 bits per heavy atom. The van der Waals surface area contributed by atoms with Crippen LogP contribution in [0.25, 0.3) is 0 Å². The highest BCUT2D eigenvalue weighted by atomic mass is 14.7. The van der Waals surface area contributed by atoms with Crippen molar-refractivity contribution in [3.63, 3.8) is 0 Å². The smallest absolute Gasteiger partial charge is 0.0406 e. The average molecular weight is 189 g/mol. The highest BCUT2D eigenvalue weighted by Gasteiger charge is 2.44. The van der Waals surface area contributed by atoms with E-state index in [1.165, 1.54) is 18.5 Å². The summed E-state index contributed by atoms with van der Waals surface area (Å²) in [6.45, 7) is 7.03. The molecule has 1 aromatic heterocycles. The molecule has 0 radical (unpaired) electrons. The molecule has 0 spiro atoms. The standard InChI is InChI=1S/C13H19N/c1-13(2,3)12-9-10(12)8-11-6-4-5-7-14-11/h4-7,10,12H,8-9H2,1-3H3. The number of hydrogen-bond donors (Lipinski definition) is 0. The molecule has 0 saturated heterocycles. The summed E-state index contributed by atoms with van der Waals surface area (Å²) in [7, 11) is 0. The van der Waals surface area contributed by atoms with E-state index in [0.717, 1.165) is 11.8 Å². The Hall–Kier alpha value is -0.850. The second-order valence-electron chi connectivity index (χ2n) is 5.49. The van der Waals surface area contributed by atoms with E-state index in [9.17, 15) is 0 Å². The predicted molar refractivity (Wildman–Crippen MR) is 59.0 cm³/mol. The normalized spacial score (nSPS) is 26.2. The molecule has 1 saturated carbocycles. The lowest BCUT2D eigenvalue weighted by molar-refractivity contribution is 0.329. The molecule has 76 valence electrons. The van der Waals surface area contributed by atoms with E-state index in [0.29, 0.717) is 5.41 Å². The summed E-state index contributed by atoms with van der Waals surface area (Å²) in [5, 5.41) is 0. The first kappa shape index (κ1) is 9.70. The van der Waals surface area contributed by atoms with Crippen LogP contribution in [0.2, 0.25) is 0 Å². The van der Waals surface area contributed by atoms with Crippen molar-refractivity contribution >= 4 is 0 Å². The van der Waals surface area contributed by atoms with Crippen LogP contribution in [-0.4, -0.2) is 4.98 Å². The van der Waals surface area contributed by atoms with Crippen LogP contribution >= 0.6 is 0 Å². The van der Waals surface area contributed by atoms with Gasteiger partial charge in [0.1, 0.15) is 0 Å². The van der Waals surface area contributed by atoms with Gasteiger partial charge in [0.25, 0.3) is 0 Å². The molecule has 0 amide bonds. The van der Waals surface area contributed by atoms with E-state index in [4.69, 9.17) is 0 Å². The quantitative estimate of drug-likeness (QED) is 0.695. The zero-order chi connectivity index (χ0) is 10.2. The molecule has 0 aliphatic heterocycles. The predicted octanol–water partition coefficient (Wildman–Crippen LogP) is 3.31. The zero-order valence-corrected chi connectivity index (χ0v) is 9.33. The zero-order valence-electron chi connectivity index (χ0n) is 9.33.